The van der Waals surface area contributed by atoms with Crippen molar-refractivity contribution in [2.24, 2.45) is 0 Å². The molecule has 2 rings (SSSR count). The fraction of sp³-hybridized carbons (Fsp3) is 0.417. The second-order valence-corrected chi connectivity index (χ2v) is 4.76. The Morgan fingerprint density at radius 1 is 1.29 bits per heavy atom. The molecule has 0 bridgehead atoms. The van der Waals surface area contributed by atoms with Gasteiger partial charge in [-0.2, -0.15) is 0 Å². The maximum absolute atomic E-state index is 11.1. The van der Waals surface area contributed by atoms with Crippen LogP contribution in [0, 0.1) is 20.2 Å². The molecule has 0 atom stereocenters. The number of benzene rings is 1. The number of aliphatic carboxylic acids is 1. The lowest BCUT2D eigenvalue weighted by Gasteiger charge is -2.23. The van der Waals surface area contributed by atoms with Gasteiger partial charge in [-0.1, -0.05) is 0 Å². The van der Waals surface area contributed by atoms with Crippen molar-refractivity contribution in [1.82, 2.24) is 0 Å². The van der Waals surface area contributed by atoms with Crippen molar-refractivity contribution in [1.29, 1.82) is 0 Å². The van der Waals surface area contributed by atoms with Gasteiger partial charge in [-0.15, -0.1) is 0 Å². The average molecular weight is 295 g/mol. The van der Waals surface area contributed by atoms with Crippen LogP contribution >= 0.6 is 0 Å². The highest BCUT2D eigenvalue weighted by Crippen LogP contribution is 2.38. The van der Waals surface area contributed by atoms with Gasteiger partial charge in [0.15, 0.2) is 0 Å². The number of nitrogens with zero attached hydrogens (tertiary/aromatic N) is 3. The number of nitro groups is 2. The van der Waals surface area contributed by atoms with Crippen molar-refractivity contribution in [2.75, 3.05) is 11.4 Å². The Balaban J connectivity index is 2.36. The van der Waals surface area contributed by atoms with Crippen LogP contribution in [0.25, 0.3) is 0 Å². The van der Waals surface area contributed by atoms with Gasteiger partial charge >= 0.3 is 5.97 Å². The minimum absolute atomic E-state index is 0.0597. The van der Waals surface area contributed by atoms with E-state index in [1.165, 1.54) is 12.1 Å². The summed E-state index contributed by atoms with van der Waals surface area (Å²) in [6, 6.07) is 3.48. The monoisotopic (exact) mass is 295 g/mol. The second-order valence-electron chi connectivity index (χ2n) is 4.76. The number of hydrogen-bond acceptors (Lipinski definition) is 6. The molecule has 1 aliphatic rings. The number of rotatable bonds is 7. The van der Waals surface area contributed by atoms with Crippen LogP contribution in [0.2, 0.25) is 0 Å². The fourth-order valence-corrected chi connectivity index (χ4v) is 2.12. The Labute approximate surface area is 119 Å². The molecule has 1 N–H and O–H groups in total. The molecule has 1 aromatic carbocycles. The molecule has 0 aromatic heterocycles. The highest BCUT2D eigenvalue weighted by atomic mass is 16.6. The van der Waals surface area contributed by atoms with E-state index in [4.69, 9.17) is 5.11 Å². The molecule has 1 saturated carbocycles. The summed E-state index contributed by atoms with van der Waals surface area (Å²) in [6.07, 6.45) is 1.51. The number of non-ortho nitro benzene ring substituents is 1. The molecule has 21 heavy (non-hydrogen) atoms. The smallest absolute Gasteiger partial charge is 0.305 e. The van der Waals surface area contributed by atoms with Crippen molar-refractivity contribution in [3.05, 3.63) is 38.4 Å². The lowest BCUT2D eigenvalue weighted by Crippen LogP contribution is -2.29. The van der Waals surface area contributed by atoms with E-state index in [0.29, 0.717) is 0 Å². The van der Waals surface area contributed by atoms with Crippen LogP contribution in [0.1, 0.15) is 19.3 Å². The highest BCUT2D eigenvalue weighted by molar-refractivity contribution is 5.71. The molecule has 9 nitrogen and oxygen atoms in total. The van der Waals surface area contributed by atoms with Crippen molar-refractivity contribution in [3.63, 3.8) is 0 Å². The Kier molecular flexibility index (Phi) is 4.01. The summed E-state index contributed by atoms with van der Waals surface area (Å²) in [5.41, 5.74) is -0.504. The van der Waals surface area contributed by atoms with Crippen molar-refractivity contribution >= 4 is 23.0 Å². The molecule has 1 aromatic rings. The van der Waals surface area contributed by atoms with E-state index in [1.54, 1.807) is 4.90 Å². The molecule has 112 valence electrons. The van der Waals surface area contributed by atoms with E-state index in [0.717, 1.165) is 18.9 Å². The number of carbonyl (C=O) groups is 1. The van der Waals surface area contributed by atoms with Gasteiger partial charge in [0.2, 0.25) is 0 Å². The summed E-state index contributed by atoms with van der Waals surface area (Å²) < 4.78 is 0. The van der Waals surface area contributed by atoms with Gasteiger partial charge < -0.3 is 10.0 Å². The predicted octanol–water partition coefficient (Wildman–Crippen LogP) is 1.95. The first-order chi connectivity index (χ1) is 9.90. The van der Waals surface area contributed by atoms with E-state index in [1.807, 2.05) is 0 Å². The van der Waals surface area contributed by atoms with E-state index in [9.17, 15) is 25.0 Å². The summed E-state index contributed by atoms with van der Waals surface area (Å²) in [7, 11) is 0. The predicted molar refractivity (Wildman–Crippen MR) is 72.4 cm³/mol. The van der Waals surface area contributed by atoms with Gasteiger partial charge in [-0.25, -0.2) is 0 Å². The Bertz CT molecular complexity index is 599. The zero-order valence-electron chi connectivity index (χ0n) is 11.0. The number of anilines is 1. The van der Waals surface area contributed by atoms with Gasteiger partial charge in [-0.05, 0) is 18.9 Å². The van der Waals surface area contributed by atoms with Gasteiger partial charge in [0.25, 0.3) is 11.4 Å². The molecule has 0 aliphatic heterocycles. The Morgan fingerprint density at radius 3 is 2.43 bits per heavy atom. The van der Waals surface area contributed by atoms with E-state index in [2.05, 4.69) is 0 Å². The van der Waals surface area contributed by atoms with E-state index in [-0.39, 0.29) is 36.1 Å². The third-order valence-electron chi connectivity index (χ3n) is 3.23. The molecule has 1 aliphatic carbocycles. The van der Waals surface area contributed by atoms with Crippen LogP contribution in [-0.2, 0) is 4.79 Å². The van der Waals surface area contributed by atoms with Crippen molar-refractivity contribution < 1.29 is 19.7 Å². The van der Waals surface area contributed by atoms with Gasteiger partial charge in [-0.3, -0.25) is 25.0 Å². The van der Waals surface area contributed by atoms with Crippen LogP contribution < -0.4 is 4.90 Å². The van der Waals surface area contributed by atoms with Crippen molar-refractivity contribution in [2.45, 2.75) is 25.3 Å². The van der Waals surface area contributed by atoms with Crippen LogP contribution in [0.3, 0.4) is 0 Å². The maximum atomic E-state index is 11.1. The largest absolute Gasteiger partial charge is 0.481 e. The number of nitro benzene ring substituents is 2. The third-order valence-corrected chi connectivity index (χ3v) is 3.23. The average Bonchev–Trinajstić information content (AvgIpc) is 3.23. The van der Waals surface area contributed by atoms with Gasteiger partial charge in [0.1, 0.15) is 5.69 Å². The summed E-state index contributed by atoms with van der Waals surface area (Å²) >= 11 is 0. The minimum Gasteiger partial charge on any atom is -0.481 e. The van der Waals surface area contributed by atoms with Crippen molar-refractivity contribution in [3.8, 4) is 0 Å². The standard InChI is InChI=1S/C12H13N3O6/c16-12(17)5-6-13(8-1-2-8)10-4-3-9(14(18)19)7-11(10)15(20)21/h3-4,7-8H,1-2,5-6H2,(H,16,17). The van der Waals surface area contributed by atoms with Crippen LogP contribution in [0.15, 0.2) is 18.2 Å². The lowest BCUT2D eigenvalue weighted by molar-refractivity contribution is -0.393. The first-order valence-electron chi connectivity index (χ1n) is 6.31. The molecule has 0 unspecified atom stereocenters. The SMILES string of the molecule is O=C(O)CCN(c1ccc([N+](=O)[O-])cc1[N+](=O)[O-])C1CC1. The molecule has 0 heterocycles. The fourth-order valence-electron chi connectivity index (χ4n) is 2.12. The molecular weight excluding hydrogens is 282 g/mol. The van der Waals surface area contributed by atoms with E-state index >= 15 is 0 Å². The normalized spacial score (nSPS) is 13.7. The number of carboxylic acids is 1. The topological polar surface area (TPSA) is 127 Å². The maximum Gasteiger partial charge on any atom is 0.305 e. The zero-order valence-corrected chi connectivity index (χ0v) is 11.0. The first-order valence-corrected chi connectivity index (χ1v) is 6.31. The summed E-state index contributed by atoms with van der Waals surface area (Å²) in [4.78, 5) is 32.8. The van der Waals surface area contributed by atoms with Crippen LogP contribution in [0.4, 0.5) is 17.1 Å². The van der Waals surface area contributed by atoms with Gasteiger partial charge in [0.05, 0.1) is 22.3 Å². The highest BCUT2D eigenvalue weighted by Gasteiger charge is 2.34. The number of carboxylic acid groups (broad SMARTS) is 1. The molecular formula is C12H13N3O6. The van der Waals surface area contributed by atoms with Gasteiger partial charge in [0, 0.05) is 18.7 Å². The summed E-state index contributed by atoms with van der Waals surface area (Å²) in [5, 5.41) is 30.6. The third kappa shape index (κ3) is 3.44. The first kappa shape index (κ1) is 14.7. The minimum atomic E-state index is -0.995. The quantitative estimate of drug-likeness (QED) is 0.601. The second kappa shape index (κ2) is 5.73. The van der Waals surface area contributed by atoms with Crippen LogP contribution in [0.5, 0.6) is 0 Å². The number of hydrogen-bond donors (Lipinski definition) is 1. The lowest BCUT2D eigenvalue weighted by atomic mass is 10.2. The molecule has 0 saturated heterocycles. The summed E-state index contributed by atoms with van der Waals surface area (Å²) in [5.74, 6) is -0.995. The van der Waals surface area contributed by atoms with Crippen LogP contribution in [-0.4, -0.2) is 33.5 Å². The zero-order chi connectivity index (χ0) is 15.6. The Hall–Kier alpha value is -2.71. The Morgan fingerprint density at radius 2 is 1.95 bits per heavy atom. The molecule has 9 heteroatoms. The molecule has 0 spiro atoms. The van der Waals surface area contributed by atoms with E-state index < -0.39 is 15.8 Å². The summed E-state index contributed by atoms with van der Waals surface area (Å²) in [6.45, 7) is 0.138. The molecule has 0 radical (unpaired) electrons. The molecule has 1 fully saturated rings. The molecule has 0 amide bonds.